The van der Waals surface area contributed by atoms with E-state index in [0.29, 0.717) is 22.4 Å². The third-order valence-corrected chi connectivity index (χ3v) is 2.97. The van der Waals surface area contributed by atoms with Crippen molar-refractivity contribution in [2.24, 2.45) is 0 Å². The van der Waals surface area contributed by atoms with Crippen molar-refractivity contribution >= 4 is 17.3 Å². The minimum atomic E-state index is 0.390. The van der Waals surface area contributed by atoms with Crippen LogP contribution in [0.25, 0.3) is 0 Å². The lowest BCUT2D eigenvalue weighted by Gasteiger charge is -2.14. The predicted octanol–water partition coefficient (Wildman–Crippen LogP) is 4.84. The van der Waals surface area contributed by atoms with Crippen LogP contribution in [0.15, 0.2) is 42.5 Å². The van der Waals surface area contributed by atoms with Gasteiger partial charge in [0.25, 0.3) is 0 Å². The van der Waals surface area contributed by atoms with E-state index >= 15 is 0 Å². The summed E-state index contributed by atoms with van der Waals surface area (Å²) in [5.41, 5.74) is 7.61. The van der Waals surface area contributed by atoms with Gasteiger partial charge in [-0.3, -0.25) is 0 Å². The van der Waals surface area contributed by atoms with E-state index in [4.69, 9.17) is 22.1 Å². The molecule has 0 amide bonds. The summed E-state index contributed by atoms with van der Waals surface area (Å²) in [5, 5.41) is 0.612. The van der Waals surface area contributed by atoms with Crippen molar-refractivity contribution in [3.8, 4) is 11.5 Å². The highest BCUT2D eigenvalue weighted by Gasteiger charge is 2.09. The number of halogens is 1. The van der Waals surface area contributed by atoms with Crippen LogP contribution in [0.4, 0.5) is 5.69 Å². The van der Waals surface area contributed by atoms with Crippen LogP contribution in [0.1, 0.15) is 25.3 Å². The maximum atomic E-state index is 5.95. The van der Waals surface area contributed by atoms with Gasteiger partial charge in [0.05, 0.1) is 5.69 Å². The summed E-state index contributed by atoms with van der Waals surface area (Å²) in [4.78, 5) is 0. The zero-order valence-corrected chi connectivity index (χ0v) is 11.2. The van der Waals surface area contributed by atoms with Gasteiger partial charge in [-0.15, -0.1) is 0 Å². The molecule has 0 heterocycles. The van der Waals surface area contributed by atoms with E-state index in [2.05, 4.69) is 19.9 Å². The Bertz CT molecular complexity index is 552. The summed E-state index contributed by atoms with van der Waals surface area (Å²) in [6.45, 7) is 4.26. The van der Waals surface area contributed by atoms with Gasteiger partial charge in [-0.1, -0.05) is 43.6 Å². The summed E-state index contributed by atoms with van der Waals surface area (Å²) in [5.74, 6) is 1.80. The minimum absolute atomic E-state index is 0.390. The number of rotatable bonds is 3. The molecule has 3 heteroatoms. The third-order valence-electron chi connectivity index (χ3n) is 2.74. The van der Waals surface area contributed by atoms with E-state index in [-0.39, 0.29) is 0 Å². The molecule has 0 unspecified atom stereocenters. The van der Waals surface area contributed by atoms with Gasteiger partial charge in [0.15, 0.2) is 5.75 Å². The van der Waals surface area contributed by atoms with Gasteiger partial charge in [0.2, 0.25) is 0 Å². The molecule has 2 rings (SSSR count). The van der Waals surface area contributed by atoms with Crippen molar-refractivity contribution in [1.29, 1.82) is 0 Å². The molecule has 2 aromatic carbocycles. The van der Waals surface area contributed by atoms with E-state index in [1.165, 1.54) is 0 Å². The Morgan fingerprint density at radius 2 is 1.78 bits per heavy atom. The van der Waals surface area contributed by atoms with E-state index < -0.39 is 0 Å². The number of benzene rings is 2. The Balaban J connectivity index is 2.37. The lowest BCUT2D eigenvalue weighted by atomic mass is 10.0. The number of nitrogen functional groups attached to an aromatic ring is 1. The maximum absolute atomic E-state index is 5.95. The first kappa shape index (κ1) is 12.8. The number of hydrogen-bond donors (Lipinski definition) is 1. The molecule has 0 saturated heterocycles. The average Bonchev–Trinajstić information content (AvgIpc) is 2.34. The van der Waals surface area contributed by atoms with Crippen molar-refractivity contribution in [2.45, 2.75) is 19.8 Å². The van der Waals surface area contributed by atoms with Crippen LogP contribution in [0, 0.1) is 0 Å². The van der Waals surface area contributed by atoms with Crippen molar-refractivity contribution in [1.82, 2.24) is 0 Å². The Morgan fingerprint density at radius 1 is 1.06 bits per heavy atom. The number of para-hydroxylation sites is 1. The first-order valence-corrected chi connectivity index (χ1v) is 6.27. The summed E-state index contributed by atoms with van der Waals surface area (Å²) in [7, 11) is 0. The first-order valence-electron chi connectivity index (χ1n) is 5.89. The largest absolute Gasteiger partial charge is 0.455 e. The summed E-state index contributed by atoms with van der Waals surface area (Å²) in [6, 6.07) is 13.2. The molecular weight excluding hydrogens is 246 g/mol. The number of nitrogens with two attached hydrogens (primary N) is 1. The summed E-state index contributed by atoms with van der Waals surface area (Å²) < 4.78 is 5.87. The Kier molecular flexibility index (Phi) is 3.78. The first-order chi connectivity index (χ1) is 8.58. The number of hydrogen-bond acceptors (Lipinski definition) is 2. The molecule has 0 aromatic heterocycles. The zero-order chi connectivity index (χ0) is 13.1. The van der Waals surface area contributed by atoms with Gasteiger partial charge in [-0.2, -0.15) is 0 Å². The molecule has 94 valence electrons. The van der Waals surface area contributed by atoms with Crippen LogP contribution in [0.3, 0.4) is 0 Å². The second-order valence-corrected chi connectivity index (χ2v) is 4.91. The molecular formula is C15H16ClNO. The van der Waals surface area contributed by atoms with Gasteiger partial charge in [0, 0.05) is 11.1 Å². The molecule has 18 heavy (non-hydrogen) atoms. The SMILES string of the molecule is CC(C)c1ccccc1Oc1cc(Cl)ccc1N. The summed E-state index contributed by atoms with van der Waals surface area (Å²) in [6.07, 6.45) is 0. The second-order valence-electron chi connectivity index (χ2n) is 4.48. The van der Waals surface area contributed by atoms with E-state index in [0.717, 1.165) is 11.3 Å². The number of anilines is 1. The van der Waals surface area contributed by atoms with Crippen LogP contribution < -0.4 is 10.5 Å². The van der Waals surface area contributed by atoms with Crippen molar-refractivity contribution < 1.29 is 4.74 Å². The monoisotopic (exact) mass is 261 g/mol. The zero-order valence-electron chi connectivity index (χ0n) is 10.5. The fraction of sp³-hybridized carbons (Fsp3) is 0.200. The lowest BCUT2D eigenvalue weighted by Crippen LogP contribution is -1.96. The maximum Gasteiger partial charge on any atom is 0.151 e. The van der Waals surface area contributed by atoms with Crippen LogP contribution in [-0.4, -0.2) is 0 Å². The highest BCUT2D eigenvalue weighted by atomic mass is 35.5. The Hall–Kier alpha value is -1.67. The number of ether oxygens (including phenoxy) is 1. The van der Waals surface area contributed by atoms with Crippen molar-refractivity contribution in [3.05, 3.63) is 53.1 Å². The Morgan fingerprint density at radius 3 is 2.50 bits per heavy atom. The van der Waals surface area contributed by atoms with Gasteiger partial charge >= 0.3 is 0 Å². The van der Waals surface area contributed by atoms with Gasteiger partial charge in [0.1, 0.15) is 5.75 Å². The van der Waals surface area contributed by atoms with Gasteiger partial charge in [-0.25, -0.2) is 0 Å². The van der Waals surface area contributed by atoms with E-state index in [1.54, 1.807) is 18.2 Å². The highest BCUT2D eigenvalue weighted by Crippen LogP contribution is 2.34. The molecule has 0 spiro atoms. The molecule has 0 atom stereocenters. The molecule has 0 fully saturated rings. The fourth-order valence-corrected chi connectivity index (χ4v) is 1.93. The molecule has 0 bridgehead atoms. The fourth-order valence-electron chi connectivity index (χ4n) is 1.77. The molecule has 0 aliphatic rings. The molecule has 2 nitrogen and oxygen atoms in total. The molecule has 2 aromatic rings. The van der Waals surface area contributed by atoms with E-state index in [1.807, 2.05) is 18.2 Å². The van der Waals surface area contributed by atoms with Crippen LogP contribution in [-0.2, 0) is 0 Å². The molecule has 0 aliphatic carbocycles. The molecule has 2 N–H and O–H groups in total. The molecule has 0 saturated carbocycles. The third kappa shape index (κ3) is 2.77. The predicted molar refractivity (Wildman–Crippen MR) is 76.5 cm³/mol. The lowest BCUT2D eigenvalue weighted by molar-refractivity contribution is 0.475. The van der Waals surface area contributed by atoms with Crippen LogP contribution in [0.5, 0.6) is 11.5 Å². The Labute approximate surface area is 112 Å². The van der Waals surface area contributed by atoms with Gasteiger partial charge < -0.3 is 10.5 Å². The summed E-state index contributed by atoms with van der Waals surface area (Å²) >= 11 is 5.95. The smallest absolute Gasteiger partial charge is 0.151 e. The van der Waals surface area contributed by atoms with Crippen LogP contribution >= 0.6 is 11.6 Å². The average molecular weight is 262 g/mol. The minimum Gasteiger partial charge on any atom is -0.455 e. The molecule has 0 radical (unpaired) electrons. The van der Waals surface area contributed by atoms with Gasteiger partial charge in [-0.05, 0) is 29.7 Å². The molecule has 0 aliphatic heterocycles. The van der Waals surface area contributed by atoms with E-state index in [9.17, 15) is 0 Å². The highest BCUT2D eigenvalue weighted by molar-refractivity contribution is 6.30. The van der Waals surface area contributed by atoms with Crippen molar-refractivity contribution in [3.63, 3.8) is 0 Å². The normalized spacial score (nSPS) is 10.7. The van der Waals surface area contributed by atoms with Crippen molar-refractivity contribution in [2.75, 3.05) is 5.73 Å². The topological polar surface area (TPSA) is 35.2 Å². The van der Waals surface area contributed by atoms with Crippen LogP contribution in [0.2, 0.25) is 5.02 Å². The standard InChI is InChI=1S/C15H16ClNO/c1-10(2)12-5-3-4-6-14(12)18-15-9-11(16)7-8-13(15)17/h3-10H,17H2,1-2H3. The quantitative estimate of drug-likeness (QED) is 0.803. The second kappa shape index (κ2) is 5.32.